The molecule has 94 valence electrons. The Morgan fingerprint density at radius 2 is 1.29 bits per heavy atom. The quantitative estimate of drug-likeness (QED) is 0.540. The van der Waals surface area contributed by atoms with Crippen molar-refractivity contribution in [2.75, 3.05) is 0 Å². The molecule has 1 aromatic rings. The van der Waals surface area contributed by atoms with Crippen LogP contribution in [0.25, 0.3) is 0 Å². The van der Waals surface area contributed by atoms with Gasteiger partial charge in [-0.15, -0.1) is 6.58 Å². The van der Waals surface area contributed by atoms with Gasteiger partial charge in [0.1, 0.15) is 0 Å². The molecule has 0 atom stereocenters. The molecule has 6 heteroatoms. The van der Waals surface area contributed by atoms with Crippen LogP contribution in [0.5, 0.6) is 0 Å². The second-order valence-corrected chi connectivity index (χ2v) is 3.41. The zero-order valence-electron chi connectivity index (χ0n) is 8.49. The molecular weight excluding hydrogens is 246 g/mol. The summed E-state index contributed by atoms with van der Waals surface area (Å²) in [4.78, 5) is 0. The van der Waals surface area contributed by atoms with Gasteiger partial charge >= 0.3 is 12.4 Å². The van der Waals surface area contributed by atoms with E-state index in [-0.39, 0.29) is 18.1 Å². The van der Waals surface area contributed by atoms with Gasteiger partial charge in [-0.05, 0) is 30.2 Å². The molecule has 0 saturated heterocycles. The predicted molar refractivity (Wildman–Crippen MR) is 50.3 cm³/mol. The highest BCUT2D eigenvalue weighted by atomic mass is 19.4. The fourth-order valence-corrected chi connectivity index (χ4v) is 1.30. The number of halogens is 6. The first kappa shape index (κ1) is 13.6. The van der Waals surface area contributed by atoms with E-state index in [1.165, 1.54) is 6.08 Å². The third-order valence-corrected chi connectivity index (χ3v) is 2.03. The average molecular weight is 254 g/mol. The van der Waals surface area contributed by atoms with Crippen molar-refractivity contribution in [2.24, 2.45) is 0 Å². The molecule has 17 heavy (non-hydrogen) atoms. The van der Waals surface area contributed by atoms with E-state index in [2.05, 4.69) is 6.58 Å². The topological polar surface area (TPSA) is 0 Å². The lowest BCUT2D eigenvalue weighted by Gasteiger charge is -2.13. The van der Waals surface area contributed by atoms with Crippen molar-refractivity contribution >= 4 is 0 Å². The second-order valence-electron chi connectivity index (χ2n) is 3.41. The Morgan fingerprint density at radius 3 is 1.59 bits per heavy atom. The fourth-order valence-electron chi connectivity index (χ4n) is 1.30. The molecule has 0 aliphatic carbocycles. The molecule has 0 aliphatic rings. The van der Waals surface area contributed by atoms with Gasteiger partial charge in [0.2, 0.25) is 0 Å². The van der Waals surface area contributed by atoms with E-state index in [0.717, 1.165) is 0 Å². The van der Waals surface area contributed by atoms with Crippen LogP contribution in [0.3, 0.4) is 0 Å². The molecule has 0 spiro atoms. The summed E-state index contributed by atoms with van der Waals surface area (Å²) in [6.45, 7) is 3.28. The van der Waals surface area contributed by atoms with Crippen LogP contribution in [0.2, 0.25) is 0 Å². The van der Waals surface area contributed by atoms with E-state index in [1.807, 2.05) is 0 Å². The third kappa shape index (κ3) is 3.51. The molecule has 0 unspecified atom stereocenters. The number of rotatable bonds is 2. The molecule has 0 heterocycles. The first-order valence-corrected chi connectivity index (χ1v) is 4.54. The highest BCUT2D eigenvalue weighted by molar-refractivity contribution is 5.34. The van der Waals surface area contributed by atoms with E-state index in [0.29, 0.717) is 12.1 Å². The molecule has 0 radical (unpaired) electrons. The van der Waals surface area contributed by atoms with Crippen LogP contribution in [0.4, 0.5) is 26.3 Å². The first-order chi connectivity index (χ1) is 7.64. The van der Waals surface area contributed by atoms with Crippen LogP contribution in [-0.2, 0) is 18.8 Å². The second kappa shape index (κ2) is 4.43. The Morgan fingerprint density at radius 1 is 0.882 bits per heavy atom. The van der Waals surface area contributed by atoms with Gasteiger partial charge in [-0.1, -0.05) is 6.08 Å². The fraction of sp³-hybridized carbons (Fsp3) is 0.273. The van der Waals surface area contributed by atoms with Crippen LogP contribution in [-0.4, -0.2) is 0 Å². The van der Waals surface area contributed by atoms with Crippen molar-refractivity contribution in [3.8, 4) is 0 Å². The normalized spacial score (nSPS) is 12.6. The maximum atomic E-state index is 12.4. The standard InChI is InChI=1S/C11H8F6/c1-2-3-7-4-8(10(12,13)14)6-9(5-7)11(15,16)17/h2,4-6H,1,3H2. The highest BCUT2D eigenvalue weighted by Crippen LogP contribution is 2.36. The first-order valence-electron chi connectivity index (χ1n) is 4.54. The molecule has 0 nitrogen and oxygen atoms in total. The van der Waals surface area contributed by atoms with E-state index in [1.54, 1.807) is 0 Å². The number of allylic oxidation sites excluding steroid dienone is 1. The monoisotopic (exact) mass is 254 g/mol. The molecule has 1 rings (SSSR count). The molecule has 0 aromatic heterocycles. The molecule has 0 aliphatic heterocycles. The molecule has 0 fully saturated rings. The minimum atomic E-state index is -4.79. The molecular formula is C11H8F6. The Hall–Kier alpha value is -1.46. The van der Waals surface area contributed by atoms with E-state index in [9.17, 15) is 26.3 Å². The largest absolute Gasteiger partial charge is 0.416 e. The zero-order chi connectivity index (χ0) is 13.3. The minimum absolute atomic E-state index is 0.0486. The summed E-state index contributed by atoms with van der Waals surface area (Å²) in [5.74, 6) is 0. The molecule has 0 amide bonds. The lowest BCUT2D eigenvalue weighted by molar-refractivity contribution is -0.143. The number of hydrogen-bond donors (Lipinski definition) is 0. The zero-order valence-corrected chi connectivity index (χ0v) is 8.49. The average Bonchev–Trinajstić information content (AvgIpc) is 2.15. The van der Waals surface area contributed by atoms with Crippen LogP contribution in [0, 0.1) is 0 Å². The van der Waals surface area contributed by atoms with Gasteiger partial charge in [0.05, 0.1) is 11.1 Å². The van der Waals surface area contributed by atoms with Crippen molar-refractivity contribution in [2.45, 2.75) is 18.8 Å². The van der Waals surface area contributed by atoms with E-state index in [4.69, 9.17) is 0 Å². The van der Waals surface area contributed by atoms with Gasteiger partial charge in [0.15, 0.2) is 0 Å². The summed E-state index contributed by atoms with van der Waals surface area (Å²) in [5, 5.41) is 0. The van der Waals surface area contributed by atoms with Crippen molar-refractivity contribution in [3.63, 3.8) is 0 Å². The lowest BCUT2D eigenvalue weighted by atomic mass is 10.0. The SMILES string of the molecule is C=CCc1cc(C(F)(F)F)cc(C(F)(F)F)c1. The smallest absolute Gasteiger partial charge is 0.166 e. The van der Waals surface area contributed by atoms with Gasteiger partial charge in [-0.2, -0.15) is 26.3 Å². The van der Waals surface area contributed by atoms with E-state index < -0.39 is 23.5 Å². The number of hydrogen-bond acceptors (Lipinski definition) is 0. The van der Waals surface area contributed by atoms with Crippen LogP contribution < -0.4 is 0 Å². The molecule has 0 saturated carbocycles. The number of alkyl halides is 6. The van der Waals surface area contributed by atoms with Crippen LogP contribution in [0.15, 0.2) is 30.9 Å². The highest BCUT2D eigenvalue weighted by Gasteiger charge is 2.36. The Kier molecular flexibility index (Phi) is 3.54. The Bertz CT molecular complexity index is 381. The van der Waals surface area contributed by atoms with E-state index >= 15 is 0 Å². The van der Waals surface area contributed by atoms with Gasteiger partial charge in [0.25, 0.3) is 0 Å². The minimum Gasteiger partial charge on any atom is -0.166 e. The summed E-state index contributed by atoms with van der Waals surface area (Å²) in [6.07, 6.45) is -8.39. The van der Waals surface area contributed by atoms with Crippen molar-refractivity contribution in [1.82, 2.24) is 0 Å². The van der Waals surface area contributed by atoms with Gasteiger partial charge in [0, 0.05) is 0 Å². The van der Waals surface area contributed by atoms with Crippen molar-refractivity contribution < 1.29 is 26.3 Å². The van der Waals surface area contributed by atoms with Gasteiger partial charge < -0.3 is 0 Å². The summed E-state index contributed by atoms with van der Waals surface area (Å²) < 4.78 is 74.3. The maximum Gasteiger partial charge on any atom is 0.416 e. The molecule has 0 N–H and O–H groups in total. The summed E-state index contributed by atoms with van der Waals surface area (Å²) in [6, 6.07) is 1.49. The summed E-state index contributed by atoms with van der Waals surface area (Å²) >= 11 is 0. The summed E-state index contributed by atoms with van der Waals surface area (Å²) in [5.41, 5.74) is -2.67. The van der Waals surface area contributed by atoms with Crippen molar-refractivity contribution in [1.29, 1.82) is 0 Å². The van der Waals surface area contributed by atoms with Crippen LogP contribution >= 0.6 is 0 Å². The van der Waals surface area contributed by atoms with Gasteiger partial charge in [-0.3, -0.25) is 0 Å². The van der Waals surface area contributed by atoms with Crippen LogP contribution in [0.1, 0.15) is 16.7 Å². The van der Waals surface area contributed by atoms with Gasteiger partial charge in [-0.25, -0.2) is 0 Å². The predicted octanol–water partition coefficient (Wildman–Crippen LogP) is 4.45. The van der Waals surface area contributed by atoms with Crippen molar-refractivity contribution in [3.05, 3.63) is 47.5 Å². The maximum absolute atomic E-state index is 12.4. The molecule has 0 bridgehead atoms. The third-order valence-electron chi connectivity index (χ3n) is 2.03. The Labute approximate surface area is 93.6 Å². The molecule has 1 aromatic carbocycles. The lowest BCUT2D eigenvalue weighted by Crippen LogP contribution is -2.11. The Balaban J connectivity index is 3.34. The number of benzene rings is 1. The summed E-state index contributed by atoms with van der Waals surface area (Å²) in [7, 11) is 0.